The zero-order valence-corrected chi connectivity index (χ0v) is 9.45. The van der Waals surface area contributed by atoms with E-state index in [-0.39, 0.29) is 0 Å². The molecule has 0 amide bonds. The first-order chi connectivity index (χ1) is 7.33. The van der Waals surface area contributed by atoms with E-state index >= 15 is 0 Å². The van der Waals surface area contributed by atoms with E-state index in [0.717, 1.165) is 19.4 Å². The van der Waals surface area contributed by atoms with Crippen molar-refractivity contribution in [1.29, 1.82) is 0 Å². The highest BCUT2D eigenvalue weighted by atomic mass is 16.5. The third-order valence-electron chi connectivity index (χ3n) is 2.75. The Morgan fingerprint density at radius 2 is 2.13 bits per heavy atom. The molecule has 0 saturated heterocycles. The molecule has 1 aliphatic carbocycles. The normalized spacial score (nSPS) is 20.1. The summed E-state index contributed by atoms with van der Waals surface area (Å²) in [6.45, 7) is 5.37. The lowest BCUT2D eigenvalue weighted by molar-refractivity contribution is -0.0227. The van der Waals surface area contributed by atoms with E-state index in [1.165, 1.54) is 19.3 Å². The van der Waals surface area contributed by atoms with Crippen molar-refractivity contribution in [2.45, 2.75) is 44.3 Å². The van der Waals surface area contributed by atoms with Gasteiger partial charge in [0.25, 0.3) is 0 Å². The van der Waals surface area contributed by atoms with Crippen molar-refractivity contribution in [1.82, 2.24) is 5.32 Å². The maximum absolute atomic E-state index is 9.58. The van der Waals surface area contributed by atoms with Gasteiger partial charge in [0.1, 0.15) is 0 Å². The van der Waals surface area contributed by atoms with Gasteiger partial charge in [-0.15, -0.1) is 6.58 Å². The summed E-state index contributed by atoms with van der Waals surface area (Å²) in [5.41, 5.74) is 0. The molecule has 1 aliphatic rings. The maximum Gasteiger partial charge on any atom is 0.0897 e. The molecule has 1 rings (SSSR count). The molecule has 0 bridgehead atoms. The van der Waals surface area contributed by atoms with Gasteiger partial charge < -0.3 is 15.2 Å². The van der Waals surface area contributed by atoms with Crippen LogP contribution in [-0.4, -0.2) is 37.0 Å². The molecule has 0 aromatic rings. The minimum atomic E-state index is -0.396. The highest BCUT2D eigenvalue weighted by molar-refractivity contribution is 4.72. The molecule has 0 aliphatic heterocycles. The fourth-order valence-corrected chi connectivity index (χ4v) is 1.89. The third-order valence-corrected chi connectivity index (χ3v) is 2.75. The predicted octanol–water partition coefficient (Wildman–Crippen LogP) is 1.47. The number of rotatable bonds is 7. The number of hydrogen-bond acceptors (Lipinski definition) is 3. The topological polar surface area (TPSA) is 41.5 Å². The lowest BCUT2D eigenvalue weighted by Crippen LogP contribution is -2.32. The summed E-state index contributed by atoms with van der Waals surface area (Å²) >= 11 is 0. The molecule has 3 nitrogen and oxygen atoms in total. The van der Waals surface area contributed by atoms with Crippen LogP contribution in [-0.2, 0) is 4.74 Å². The molecule has 0 spiro atoms. The van der Waals surface area contributed by atoms with Crippen LogP contribution in [0, 0.1) is 0 Å². The average molecular weight is 213 g/mol. The highest BCUT2D eigenvalue weighted by Crippen LogP contribution is 2.20. The first-order valence-electron chi connectivity index (χ1n) is 5.94. The second kappa shape index (κ2) is 7.85. The summed E-state index contributed by atoms with van der Waals surface area (Å²) < 4.78 is 5.66. The number of nitrogens with one attached hydrogen (secondary N) is 1. The van der Waals surface area contributed by atoms with Crippen molar-refractivity contribution in [2.24, 2.45) is 0 Å². The van der Waals surface area contributed by atoms with Crippen molar-refractivity contribution >= 4 is 0 Å². The Morgan fingerprint density at radius 3 is 2.80 bits per heavy atom. The molecule has 15 heavy (non-hydrogen) atoms. The van der Waals surface area contributed by atoms with Crippen molar-refractivity contribution in [3.8, 4) is 0 Å². The van der Waals surface area contributed by atoms with Gasteiger partial charge in [-0.3, -0.25) is 0 Å². The summed E-state index contributed by atoms with van der Waals surface area (Å²) in [5.74, 6) is 0. The molecule has 0 radical (unpaired) electrons. The van der Waals surface area contributed by atoms with Gasteiger partial charge in [0.05, 0.1) is 18.8 Å². The quantitative estimate of drug-likeness (QED) is 0.497. The average Bonchev–Trinajstić information content (AvgIpc) is 2.28. The van der Waals surface area contributed by atoms with Gasteiger partial charge in [-0.2, -0.15) is 0 Å². The summed E-state index contributed by atoms with van der Waals surface area (Å²) in [4.78, 5) is 0. The third kappa shape index (κ3) is 5.92. The fraction of sp³-hybridized carbons (Fsp3) is 0.833. The molecular formula is C12H23NO2. The van der Waals surface area contributed by atoms with Gasteiger partial charge >= 0.3 is 0 Å². The molecule has 0 aromatic carbocycles. The van der Waals surface area contributed by atoms with E-state index in [2.05, 4.69) is 11.9 Å². The van der Waals surface area contributed by atoms with E-state index in [1.807, 2.05) is 0 Å². The number of aliphatic hydroxyl groups excluding tert-OH is 1. The smallest absolute Gasteiger partial charge is 0.0897 e. The fourth-order valence-electron chi connectivity index (χ4n) is 1.89. The summed E-state index contributed by atoms with van der Waals surface area (Å²) in [7, 11) is 0. The van der Waals surface area contributed by atoms with Crippen LogP contribution in [0.1, 0.15) is 32.1 Å². The van der Waals surface area contributed by atoms with Crippen LogP contribution in [0.5, 0.6) is 0 Å². The molecule has 0 heterocycles. The van der Waals surface area contributed by atoms with E-state index in [1.54, 1.807) is 6.08 Å². The van der Waals surface area contributed by atoms with Crippen LogP contribution in [0.25, 0.3) is 0 Å². The Morgan fingerprint density at radius 1 is 1.40 bits per heavy atom. The molecule has 0 aromatic heterocycles. The molecule has 2 N–H and O–H groups in total. The maximum atomic E-state index is 9.58. The minimum absolute atomic E-state index is 0.382. The molecule has 1 fully saturated rings. The summed E-state index contributed by atoms with van der Waals surface area (Å²) in [5, 5.41) is 12.7. The van der Waals surface area contributed by atoms with Crippen LogP contribution >= 0.6 is 0 Å². The lowest BCUT2D eigenvalue weighted by Gasteiger charge is -2.23. The van der Waals surface area contributed by atoms with Crippen LogP contribution in [0.2, 0.25) is 0 Å². The van der Waals surface area contributed by atoms with E-state index < -0.39 is 6.10 Å². The monoisotopic (exact) mass is 213 g/mol. The van der Waals surface area contributed by atoms with Gasteiger partial charge in [-0.1, -0.05) is 25.3 Å². The molecule has 1 atom stereocenters. The zero-order valence-electron chi connectivity index (χ0n) is 9.45. The van der Waals surface area contributed by atoms with Crippen molar-refractivity contribution < 1.29 is 9.84 Å². The molecule has 88 valence electrons. The summed E-state index contributed by atoms with van der Waals surface area (Å²) in [6.07, 6.45) is 7.97. The second-order valence-corrected chi connectivity index (χ2v) is 4.19. The SMILES string of the molecule is C=CCNCC(O)COC1CCCCC1. The Balaban J connectivity index is 1.99. The minimum Gasteiger partial charge on any atom is -0.389 e. The molecular weight excluding hydrogens is 190 g/mol. The van der Waals surface area contributed by atoms with Gasteiger partial charge in [-0.05, 0) is 12.8 Å². The Hall–Kier alpha value is -0.380. The lowest BCUT2D eigenvalue weighted by atomic mass is 9.98. The van der Waals surface area contributed by atoms with Gasteiger partial charge in [0.15, 0.2) is 0 Å². The number of aliphatic hydroxyl groups is 1. The molecule has 3 heteroatoms. The van der Waals surface area contributed by atoms with Gasteiger partial charge in [0, 0.05) is 13.1 Å². The Kier molecular flexibility index (Phi) is 6.64. The highest BCUT2D eigenvalue weighted by Gasteiger charge is 2.15. The van der Waals surface area contributed by atoms with Crippen LogP contribution in [0.4, 0.5) is 0 Å². The van der Waals surface area contributed by atoms with Gasteiger partial charge in [-0.25, -0.2) is 0 Å². The molecule has 1 saturated carbocycles. The Bertz CT molecular complexity index is 167. The predicted molar refractivity (Wildman–Crippen MR) is 61.9 cm³/mol. The molecule has 1 unspecified atom stereocenters. The zero-order chi connectivity index (χ0) is 10.9. The first kappa shape index (κ1) is 12.7. The number of hydrogen-bond donors (Lipinski definition) is 2. The van der Waals surface area contributed by atoms with Gasteiger partial charge in [0.2, 0.25) is 0 Å². The Labute approximate surface area is 92.5 Å². The van der Waals surface area contributed by atoms with Crippen molar-refractivity contribution in [3.05, 3.63) is 12.7 Å². The van der Waals surface area contributed by atoms with E-state index in [0.29, 0.717) is 19.3 Å². The van der Waals surface area contributed by atoms with Crippen LogP contribution in [0.3, 0.4) is 0 Å². The van der Waals surface area contributed by atoms with E-state index in [9.17, 15) is 5.11 Å². The number of ether oxygens (including phenoxy) is 1. The first-order valence-corrected chi connectivity index (χ1v) is 5.94. The standard InChI is InChI=1S/C12H23NO2/c1-2-8-13-9-11(14)10-15-12-6-4-3-5-7-12/h2,11-14H,1,3-10H2. The summed E-state index contributed by atoms with van der Waals surface area (Å²) in [6, 6.07) is 0. The van der Waals surface area contributed by atoms with Crippen LogP contribution in [0.15, 0.2) is 12.7 Å². The largest absolute Gasteiger partial charge is 0.389 e. The van der Waals surface area contributed by atoms with Crippen molar-refractivity contribution in [3.63, 3.8) is 0 Å². The van der Waals surface area contributed by atoms with E-state index in [4.69, 9.17) is 4.74 Å². The van der Waals surface area contributed by atoms with Crippen molar-refractivity contribution in [2.75, 3.05) is 19.7 Å². The second-order valence-electron chi connectivity index (χ2n) is 4.19. The van der Waals surface area contributed by atoms with Crippen LogP contribution < -0.4 is 5.32 Å².